The highest BCUT2D eigenvalue weighted by Crippen LogP contribution is 2.30. The van der Waals surface area contributed by atoms with Crippen molar-refractivity contribution < 1.29 is 9.53 Å². The third-order valence-electron chi connectivity index (χ3n) is 3.06. The van der Waals surface area contributed by atoms with E-state index in [1.54, 1.807) is 12.3 Å². The first-order valence-corrected chi connectivity index (χ1v) is 6.44. The summed E-state index contributed by atoms with van der Waals surface area (Å²) >= 11 is 6.15. The third kappa shape index (κ3) is 2.78. The molecule has 1 aromatic rings. The average molecular weight is 254 g/mol. The zero-order valence-corrected chi connectivity index (χ0v) is 10.7. The molecule has 0 bridgehead atoms. The summed E-state index contributed by atoms with van der Waals surface area (Å²) in [5, 5.41) is 0.353. The van der Waals surface area contributed by atoms with Crippen LogP contribution in [0.4, 0.5) is 0 Å². The molecule has 1 aliphatic rings. The molecule has 0 aliphatic heterocycles. The fraction of sp³-hybridized carbons (Fsp3) is 0.538. The van der Waals surface area contributed by atoms with E-state index in [1.165, 1.54) is 12.8 Å². The molecule has 0 radical (unpaired) electrons. The predicted octanol–water partition coefficient (Wildman–Crippen LogP) is 3.65. The van der Waals surface area contributed by atoms with E-state index in [9.17, 15) is 4.79 Å². The van der Waals surface area contributed by atoms with Crippen molar-refractivity contribution in [3.05, 3.63) is 22.8 Å². The van der Waals surface area contributed by atoms with Gasteiger partial charge in [-0.25, -0.2) is 4.98 Å². The molecule has 0 N–H and O–H groups in total. The lowest BCUT2D eigenvalue weighted by atomic mass is 10.1. The monoisotopic (exact) mass is 253 g/mol. The van der Waals surface area contributed by atoms with Crippen molar-refractivity contribution in [1.29, 1.82) is 0 Å². The molecular weight excluding hydrogens is 238 g/mol. The molecule has 4 heteroatoms. The number of ether oxygens (including phenoxy) is 1. The van der Waals surface area contributed by atoms with Crippen LogP contribution in [-0.4, -0.2) is 16.9 Å². The Labute approximate surface area is 106 Å². The lowest BCUT2D eigenvalue weighted by molar-refractivity contribution is 0.0987. The first-order valence-electron chi connectivity index (χ1n) is 6.06. The van der Waals surface area contributed by atoms with Crippen molar-refractivity contribution in [2.24, 2.45) is 0 Å². The topological polar surface area (TPSA) is 39.2 Å². The van der Waals surface area contributed by atoms with Gasteiger partial charge in [0.25, 0.3) is 0 Å². The Hall–Kier alpha value is -1.09. The van der Waals surface area contributed by atoms with E-state index in [0.717, 1.165) is 12.8 Å². The molecule has 2 rings (SSSR count). The summed E-state index contributed by atoms with van der Waals surface area (Å²) in [7, 11) is 0. The van der Waals surface area contributed by atoms with Crippen LogP contribution < -0.4 is 4.74 Å². The number of aromatic nitrogens is 1. The summed E-state index contributed by atoms with van der Waals surface area (Å²) in [5.74, 6) is 0.423. The minimum atomic E-state index is 0.0219. The van der Waals surface area contributed by atoms with Gasteiger partial charge in [0.05, 0.1) is 0 Å². The summed E-state index contributed by atoms with van der Waals surface area (Å²) in [5.41, 5.74) is 0.511. The van der Waals surface area contributed by atoms with Crippen LogP contribution in [0.5, 0.6) is 5.88 Å². The predicted molar refractivity (Wildman–Crippen MR) is 66.8 cm³/mol. The number of rotatable bonds is 4. The molecule has 0 unspecified atom stereocenters. The van der Waals surface area contributed by atoms with Crippen molar-refractivity contribution in [3.8, 4) is 5.88 Å². The molecule has 3 nitrogen and oxygen atoms in total. The van der Waals surface area contributed by atoms with Gasteiger partial charge in [-0.05, 0) is 31.7 Å². The van der Waals surface area contributed by atoms with Crippen LogP contribution in [0.1, 0.15) is 49.4 Å². The standard InChI is InChI=1S/C13H16ClNO2/c1-2-11(16)10-7-8-15-13(12(10)14)17-9-5-3-4-6-9/h7-9H,2-6H2,1H3. The Bertz CT molecular complexity index is 414. The van der Waals surface area contributed by atoms with E-state index in [2.05, 4.69) is 4.98 Å². The zero-order chi connectivity index (χ0) is 12.3. The second-order valence-electron chi connectivity index (χ2n) is 4.28. The van der Waals surface area contributed by atoms with Crippen LogP contribution in [0.25, 0.3) is 0 Å². The maximum atomic E-state index is 11.7. The largest absolute Gasteiger partial charge is 0.473 e. The number of Topliss-reactive ketones (excluding diaryl/α,β-unsaturated/α-hetero) is 1. The SMILES string of the molecule is CCC(=O)c1ccnc(OC2CCCC2)c1Cl. The number of hydrogen-bond acceptors (Lipinski definition) is 3. The van der Waals surface area contributed by atoms with Crippen molar-refractivity contribution in [3.63, 3.8) is 0 Å². The Morgan fingerprint density at radius 1 is 1.53 bits per heavy atom. The Balaban J connectivity index is 2.19. The molecule has 0 saturated heterocycles. The lowest BCUT2D eigenvalue weighted by Gasteiger charge is -2.14. The number of ketones is 1. The normalized spacial score (nSPS) is 16.1. The Morgan fingerprint density at radius 3 is 2.88 bits per heavy atom. The van der Waals surface area contributed by atoms with Crippen LogP contribution in [0.3, 0.4) is 0 Å². The maximum Gasteiger partial charge on any atom is 0.233 e. The van der Waals surface area contributed by atoms with Gasteiger partial charge < -0.3 is 4.74 Å². The van der Waals surface area contributed by atoms with Gasteiger partial charge >= 0.3 is 0 Å². The first-order chi connectivity index (χ1) is 8.22. The fourth-order valence-electron chi connectivity index (χ4n) is 2.08. The lowest BCUT2D eigenvalue weighted by Crippen LogP contribution is -2.13. The average Bonchev–Trinajstić information content (AvgIpc) is 2.84. The summed E-state index contributed by atoms with van der Waals surface area (Å²) < 4.78 is 5.75. The molecule has 1 fully saturated rings. The van der Waals surface area contributed by atoms with E-state index in [-0.39, 0.29) is 11.9 Å². The van der Waals surface area contributed by atoms with Crippen molar-refractivity contribution in [1.82, 2.24) is 4.98 Å². The van der Waals surface area contributed by atoms with Crippen molar-refractivity contribution in [2.45, 2.75) is 45.1 Å². The summed E-state index contributed by atoms with van der Waals surface area (Å²) in [6.45, 7) is 1.82. The highest BCUT2D eigenvalue weighted by atomic mass is 35.5. The van der Waals surface area contributed by atoms with Crippen LogP contribution >= 0.6 is 11.6 Å². The van der Waals surface area contributed by atoms with Gasteiger partial charge in [0.1, 0.15) is 11.1 Å². The molecule has 1 saturated carbocycles. The van der Waals surface area contributed by atoms with Crippen molar-refractivity contribution in [2.75, 3.05) is 0 Å². The van der Waals surface area contributed by atoms with Crippen molar-refractivity contribution >= 4 is 17.4 Å². The number of carbonyl (C=O) groups is 1. The number of pyridine rings is 1. The molecule has 0 amide bonds. The van der Waals surface area contributed by atoms with Gasteiger partial charge in [0.15, 0.2) is 5.78 Å². The van der Waals surface area contributed by atoms with Gasteiger partial charge in [0, 0.05) is 18.2 Å². The van der Waals surface area contributed by atoms with E-state index in [0.29, 0.717) is 22.9 Å². The van der Waals surface area contributed by atoms with Gasteiger partial charge in [-0.1, -0.05) is 18.5 Å². The molecule has 0 atom stereocenters. The molecular formula is C13H16ClNO2. The molecule has 1 heterocycles. The quantitative estimate of drug-likeness (QED) is 0.769. The molecule has 1 aliphatic carbocycles. The minimum absolute atomic E-state index is 0.0219. The Morgan fingerprint density at radius 2 is 2.24 bits per heavy atom. The van der Waals surface area contributed by atoms with Crippen LogP contribution in [0.15, 0.2) is 12.3 Å². The summed E-state index contributed by atoms with van der Waals surface area (Å²) in [6, 6.07) is 1.65. The highest BCUT2D eigenvalue weighted by molar-refractivity contribution is 6.35. The van der Waals surface area contributed by atoms with E-state index < -0.39 is 0 Å². The number of hydrogen-bond donors (Lipinski definition) is 0. The van der Waals surface area contributed by atoms with Crippen LogP contribution in [0.2, 0.25) is 5.02 Å². The zero-order valence-electron chi connectivity index (χ0n) is 9.91. The molecule has 0 aromatic carbocycles. The number of carbonyl (C=O) groups excluding carboxylic acids is 1. The Kier molecular flexibility index (Phi) is 4.00. The van der Waals surface area contributed by atoms with Gasteiger partial charge in [-0.3, -0.25) is 4.79 Å². The van der Waals surface area contributed by atoms with E-state index >= 15 is 0 Å². The minimum Gasteiger partial charge on any atom is -0.473 e. The van der Waals surface area contributed by atoms with Gasteiger partial charge in [-0.15, -0.1) is 0 Å². The van der Waals surface area contributed by atoms with Gasteiger partial charge in [0.2, 0.25) is 5.88 Å². The first kappa shape index (κ1) is 12.4. The molecule has 92 valence electrons. The summed E-state index contributed by atoms with van der Waals surface area (Å²) in [4.78, 5) is 15.8. The fourth-order valence-corrected chi connectivity index (χ4v) is 2.34. The van der Waals surface area contributed by atoms with Crippen LogP contribution in [-0.2, 0) is 0 Å². The van der Waals surface area contributed by atoms with Gasteiger partial charge in [-0.2, -0.15) is 0 Å². The summed E-state index contributed by atoms with van der Waals surface area (Å²) in [6.07, 6.45) is 6.69. The van der Waals surface area contributed by atoms with E-state index in [1.807, 2.05) is 6.92 Å². The molecule has 1 aromatic heterocycles. The molecule has 0 spiro atoms. The highest BCUT2D eigenvalue weighted by Gasteiger charge is 2.20. The maximum absolute atomic E-state index is 11.7. The van der Waals surface area contributed by atoms with Crippen LogP contribution in [0, 0.1) is 0 Å². The third-order valence-corrected chi connectivity index (χ3v) is 3.42. The van der Waals surface area contributed by atoms with E-state index in [4.69, 9.17) is 16.3 Å². The molecule has 17 heavy (non-hydrogen) atoms. The number of halogens is 1. The second-order valence-corrected chi connectivity index (χ2v) is 4.66. The second kappa shape index (κ2) is 5.50. The smallest absolute Gasteiger partial charge is 0.233 e. The number of nitrogens with zero attached hydrogens (tertiary/aromatic N) is 1.